The molecule has 0 radical (unpaired) electrons. The number of aromatic nitrogens is 4. The molecule has 10 nitrogen and oxygen atoms in total. The molecule has 2 aromatic heterocycles. The molecule has 0 bridgehead atoms. The van der Waals surface area contributed by atoms with E-state index in [9.17, 15) is 18.4 Å². The topological polar surface area (TPSA) is 106 Å². The van der Waals surface area contributed by atoms with Crippen LogP contribution in [0.4, 0.5) is 8.78 Å². The van der Waals surface area contributed by atoms with E-state index in [2.05, 4.69) is 20.2 Å². The predicted molar refractivity (Wildman–Crippen MR) is 142 cm³/mol. The van der Waals surface area contributed by atoms with E-state index < -0.39 is 17.2 Å². The number of halogens is 2. The molecule has 4 heterocycles. The average Bonchev–Trinajstić information content (AvgIpc) is 3.65. The molecule has 1 atom stereocenters. The molecule has 0 aliphatic carbocycles. The fourth-order valence-electron chi connectivity index (χ4n) is 5.07. The molecule has 0 saturated carbocycles. The van der Waals surface area contributed by atoms with Gasteiger partial charge in [-0.25, -0.2) is 13.5 Å². The maximum absolute atomic E-state index is 13.7. The number of morpholine rings is 1. The zero-order valence-electron chi connectivity index (χ0n) is 21.7. The third-order valence-corrected chi connectivity index (χ3v) is 7.33. The molecule has 1 unspecified atom stereocenters. The first-order valence-corrected chi connectivity index (χ1v) is 13.2. The number of benzene rings is 2. The number of carbonyl (C=O) groups is 1. The number of aromatic amines is 1. The van der Waals surface area contributed by atoms with E-state index in [4.69, 9.17) is 9.47 Å². The Morgan fingerprint density at radius 3 is 2.65 bits per heavy atom. The maximum Gasteiger partial charge on any atom is 0.258 e. The molecule has 2 aliphatic rings. The first-order valence-electron chi connectivity index (χ1n) is 13.2. The summed E-state index contributed by atoms with van der Waals surface area (Å²) < 4.78 is 40.1. The van der Waals surface area contributed by atoms with E-state index in [1.165, 1.54) is 10.7 Å². The third-order valence-electron chi connectivity index (χ3n) is 7.33. The molecule has 2 fully saturated rings. The minimum absolute atomic E-state index is 0.0339. The highest BCUT2D eigenvalue weighted by atomic mass is 19.2. The number of hydrogen-bond acceptors (Lipinski definition) is 7. The second-order valence-electron chi connectivity index (χ2n) is 9.95. The van der Waals surface area contributed by atoms with E-state index in [-0.39, 0.29) is 28.8 Å². The number of amides is 1. The molecular formula is C28H28F2N6O4. The normalized spacial score (nSPS) is 18.1. The van der Waals surface area contributed by atoms with Gasteiger partial charge in [-0.2, -0.15) is 0 Å². The lowest BCUT2D eigenvalue weighted by Gasteiger charge is -2.26. The van der Waals surface area contributed by atoms with E-state index in [1.807, 2.05) is 4.90 Å². The van der Waals surface area contributed by atoms with E-state index in [1.54, 1.807) is 30.5 Å². The van der Waals surface area contributed by atoms with Crippen LogP contribution in [0.15, 0.2) is 53.5 Å². The van der Waals surface area contributed by atoms with Gasteiger partial charge in [0, 0.05) is 49.7 Å². The second-order valence-corrected chi connectivity index (χ2v) is 9.95. The largest absolute Gasteiger partial charge is 0.379 e. The van der Waals surface area contributed by atoms with Crippen molar-refractivity contribution in [3.05, 3.63) is 76.2 Å². The summed E-state index contributed by atoms with van der Waals surface area (Å²) in [5, 5.41) is 8.51. The van der Waals surface area contributed by atoms with Crippen LogP contribution in [0.5, 0.6) is 0 Å². The van der Waals surface area contributed by atoms with Crippen LogP contribution in [-0.4, -0.2) is 94.3 Å². The van der Waals surface area contributed by atoms with Crippen LogP contribution in [0.2, 0.25) is 0 Å². The van der Waals surface area contributed by atoms with Gasteiger partial charge in [-0.05, 0) is 42.8 Å². The summed E-state index contributed by atoms with van der Waals surface area (Å²) in [7, 11) is 0. The van der Waals surface area contributed by atoms with Gasteiger partial charge in [0.25, 0.3) is 11.5 Å². The lowest BCUT2D eigenvalue weighted by Crippen LogP contribution is -2.39. The van der Waals surface area contributed by atoms with E-state index in [0.717, 1.165) is 51.4 Å². The smallest absolute Gasteiger partial charge is 0.258 e. The highest BCUT2D eigenvalue weighted by Gasteiger charge is 2.27. The standard InChI is InChI=1S/C28H28F2N6O4/c29-23-14-19-13-22(27(37)31-25(19)15-24(23)30)26-17-36(33-32-26)20-3-1-18(2-4-20)28(38)35-6-5-21(16-35)40-12-9-34-7-10-39-11-8-34/h1-4,13-15,17,21H,5-12,16H2,(H,31,37). The summed E-state index contributed by atoms with van der Waals surface area (Å²) in [5.74, 6) is -2.11. The SMILES string of the molecule is O=C(c1ccc(-n2cc(-c3cc4cc(F)c(F)cc4[nH]c3=O)nn2)cc1)N1CCC(OCCN2CCOCC2)C1. The number of carbonyl (C=O) groups excluding carboxylic acids is 1. The summed E-state index contributed by atoms with van der Waals surface area (Å²) in [4.78, 5) is 32.3. The van der Waals surface area contributed by atoms with Crippen LogP contribution in [-0.2, 0) is 9.47 Å². The van der Waals surface area contributed by atoms with Gasteiger partial charge in [0.15, 0.2) is 11.6 Å². The number of nitrogens with zero attached hydrogens (tertiary/aromatic N) is 5. The summed E-state index contributed by atoms with van der Waals surface area (Å²) >= 11 is 0. The number of rotatable bonds is 7. The number of fused-ring (bicyclic) bond motifs is 1. The monoisotopic (exact) mass is 550 g/mol. The summed E-state index contributed by atoms with van der Waals surface area (Å²) in [6, 6.07) is 10.4. The van der Waals surface area contributed by atoms with Crippen molar-refractivity contribution >= 4 is 16.8 Å². The van der Waals surface area contributed by atoms with Gasteiger partial charge in [-0.15, -0.1) is 5.10 Å². The van der Waals surface area contributed by atoms with Crippen molar-refractivity contribution in [3.63, 3.8) is 0 Å². The quantitative estimate of drug-likeness (QED) is 0.377. The highest BCUT2D eigenvalue weighted by Crippen LogP contribution is 2.22. The van der Waals surface area contributed by atoms with Crippen molar-refractivity contribution < 1.29 is 23.0 Å². The lowest BCUT2D eigenvalue weighted by atomic mass is 10.1. The first kappa shape index (κ1) is 26.2. The highest BCUT2D eigenvalue weighted by molar-refractivity contribution is 5.94. The van der Waals surface area contributed by atoms with Crippen molar-refractivity contribution in [2.75, 3.05) is 52.5 Å². The summed E-state index contributed by atoms with van der Waals surface area (Å²) in [6.07, 6.45) is 2.41. The second kappa shape index (κ2) is 11.2. The molecule has 208 valence electrons. The van der Waals surface area contributed by atoms with Crippen molar-refractivity contribution in [2.45, 2.75) is 12.5 Å². The molecule has 40 heavy (non-hydrogen) atoms. The van der Waals surface area contributed by atoms with Gasteiger partial charge in [0.2, 0.25) is 0 Å². The zero-order valence-corrected chi connectivity index (χ0v) is 21.7. The number of pyridine rings is 1. The minimum Gasteiger partial charge on any atom is -0.379 e. The summed E-state index contributed by atoms with van der Waals surface area (Å²) in [6.45, 7) is 6.09. The van der Waals surface area contributed by atoms with Crippen LogP contribution < -0.4 is 5.56 Å². The summed E-state index contributed by atoms with van der Waals surface area (Å²) in [5.41, 5.74) is 1.33. The number of nitrogens with one attached hydrogen (secondary N) is 1. The lowest BCUT2D eigenvalue weighted by molar-refractivity contribution is 0.00424. The van der Waals surface area contributed by atoms with Crippen molar-refractivity contribution in [3.8, 4) is 16.9 Å². The Kier molecular flexibility index (Phi) is 7.37. The zero-order chi connectivity index (χ0) is 27.6. The van der Waals surface area contributed by atoms with Gasteiger partial charge in [0.1, 0.15) is 5.69 Å². The van der Waals surface area contributed by atoms with E-state index >= 15 is 0 Å². The van der Waals surface area contributed by atoms with Gasteiger partial charge in [-0.1, -0.05) is 5.21 Å². The van der Waals surface area contributed by atoms with Crippen LogP contribution in [0.1, 0.15) is 16.8 Å². The van der Waals surface area contributed by atoms with Crippen molar-refractivity contribution in [2.24, 2.45) is 0 Å². The third kappa shape index (κ3) is 5.51. The minimum atomic E-state index is -1.04. The van der Waals surface area contributed by atoms with Crippen LogP contribution in [0, 0.1) is 11.6 Å². The van der Waals surface area contributed by atoms with E-state index in [0.29, 0.717) is 36.3 Å². The number of likely N-dealkylation sites (tertiary alicyclic amines) is 1. The molecular weight excluding hydrogens is 522 g/mol. The van der Waals surface area contributed by atoms with Crippen molar-refractivity contribution in [1.82, 2.24) is 29.8 Å². The van der Waals surface area contributed by atoms with Gasteiger partial charge in [0.05, 0.1) is 48.9 Å². The first-order chi connectivity index (χ1) is 19.4. The number of hydrogen-bond donors (Lipinski definition) is 1. The molecule has 0 spiro atoms. The molecule has 6 rings (SSSR count). The molecule has 4 aromatic rings. The predicted octanol–water partition coefficient (Wildman–Crippen LogP) is 2.62. The Bertz CT molecular complexity index is 1580. The average molecular weight is 551 g/mol. The fraction of sp³-hybridized carbons (Fsp3) is 0.357. The molecule has 2 saturated heterocycles. The van der Waals surface area contributed by atoms with Crippen LogP contribution >= 0.6 is 0 Å². The fourth-order valence-corrected chi connectivity index (χ4v) is 5.07. The Labute approximate surface area is 228 Å². The Morgan fingerprint density at radius 2 is 1.85 bits per heavy atom. The number of ether oxygens (including phenoxy) is 2. The Balaban J connectivity index is 1.09. The van der Waals surface area contributed by atoms with Crippen LogP contribution in [0.3, 0.4) is 0 Å². The molecule has 1 N–H and O–H groups in total. The van der Waals surface area contributed by atoms with Gasteiger partial charge < -0.3 is 19.4 Å². The maximum atomic E-state index is 13.7. The van der Waals surface area contributed by atoms with Gasteiger partial charge in [-0.3, -0.25) is 14.5 Å². The van der Waals surface area contributed by atoms with Crippen molar-refractivity contribution in [1.29, 1.82) is 0 Å². The van der Waals surface area contributed by atoms with Crippen LogP contribution in [0.25, 0.3) is 27.8 Å². The molecule has 2 aliphatic heterocycles. The Morgan fingerprint density at radius 1 is 1.07 bits per heavy atom. The molecule has 2 aromatic carbocycles. The molecule has 12 heteroatoms. The number of H-pyrrole nitrogens is 1. The molecule has 1 amide bonds. The van der Waals surface area contributed by atoms with Gasteiger partial charge >= 0.3 is 0 Å². The Hall–Kier alpha value is -4.00.